The van der Waals surface area contributed by atoms with E-state index >= 15 is 0 Å². The Bertz CT molecular complexity index is 1040. The molecule has 0 spiro atoms. The number of aliphatic carboxylic acids is 1. The van der Waals surface area contributed by atoms with Gasteiger partial charge in [0.15, 0.2) is 0 Å². The van der Waals surface area contributed by atoms with E-state index in [1.807, 2.05) is 14.7 Å². The second kappa shape index (κ2) is 39.8. The van der Waals surface area contributed by atoms with Crippen LogP contribution in [0.1, 0.15) is 20.3 Å². The van der Waals surface area contributed by atoms with Crippen LogP contribution >= 0.6 is 0 Å². The minimum atomic E-state index is -3.67. The van der Waals surface area contributed by atoms with Crippen molar-refractivity contribution in [3.05, 3.63) is 0 Å². The van der Waals surface area contributed by atoms with Crippen LogP contribution < -0.4 is 10.6 Å². The van der Waals surface area contributed by atoms with Gasteiger partial charge in [0.1, 0.15) is 6.29 Å². The van der Waals surface area contributed by atoms with Crippen LogP contribution in [0, 0.1) is 0 Å². The third-order valence-electron chi connectivity index (χ3n) is 6.92. The number of hydrogen-bond donors (Lipinski definition) is 6. The zero-order valence-corrected chi connectivity index (χ0v) is 33.2. The molecule has 0 aliphatic carbocycles. The lowest BCUT2D eigenvalue weighted by molar-refractivity contribution is -0.138. The van der Waals surface area contributed by atoms with Gasteiger partial charge in [-0.05, 0) is 13.0 Å². The molecule has 1 fully saturated rings. The van der Waals surface area contributed by atoms with E-state index in [1.54, 1.807) is 0 Å². The predicted octanol–water partition coefficient (Wildman–Crippen LogP) is -2.97. The van der Waals surface area contributed by atoms with E-state index in [0.717, 1.165) is 46.1 Å². The highest BCUT2D eigenvalue weighted by Crippen LogP contribution is 2.01. The number of nitrogens with zero attached hydrogens (tertiary/aromatic N) is 4. The summed E-state index contributed by atoms with van der Waals surface area (Å²) in [5.74, 6) is -1.50. The fourth-order valence-electron chi connectivity index (χ4n) is 4.36. The number of amides is 2. The lowest BCUT2D eigenvalue weighted by Crippen LogP contribution is -2.49. The number of rotatable bonds is 23. The molecule has 1 saturated heterocycles. The summed E-state index contributed by atoms with van der Waals surface area (Å²) in [4.78, 5) is 63.8. The van der Waals surface area contributed by atoms with Crippen LogP contribution in [0.5, 0.6) is 0 Å². The van der Waals surface area contributed by atoms with Crippen molar-refractivity contribution >= 4 is 40.7 Å². The number of carbonyl (C=O) groups is 5. The smallest absolute Gasteiger partial charge is 0.317 e. The van der Waals surface area contributed by atoms with Crippen LogP contribution in [-0.2, 0) is 53.0 Å². The van der Waals surface area contributed by atoms with Crippen molar-refractivity contribution in [1.29, 1.82) is 0 Å². The molecule has 2 amide bonds. The van der Waals surface area contributed by atoms with Gasteiger partial charge in [0.05, 0.1) is 78.7 Å². The number of carboxylic acids is 1. The number of aliphatic hydroxyl groups excluding tert-OH is 1. The number of aldehydes is 1. The Morgan fingerprint density at radius 3 is 1.46 bits per heavy atom. The molecule has 0 aromatic carbocycles. The molecule has 6 N–H and O–H groups in total. The van der Waals surface area contributed by atoms with Gasteiger partial charge >= 0.3 is 5.97 Å². The van der Waals surface area contributed by atoms with Gasteiger partial charge < -0.3 is 54.6 Å². The van der Waals surface area contributed by atoms with Gasteiger partial charge in [-0.3, -0.25) is 38.4 Å². The summed E-state index contributed by atoms with van der Waals surface area (Å²) < 4.78 is 47.5. The highest BCUT2D eigenvalue weighted by Gasteiger charge is 2.19. The number of ether oxygens (including phenoxy) is 4. The molecule has 1 rings (SSSR count). The first-order chi connectivity index (χ1) is 25.8. The molecule has 1 aliphatic heterocycles. The van der Waals surface area contributed by atoms with E-state index in [1.165, 1.54) is 0 Å². The number of carboxylic acid groups (broad SMARTS) is 2. The second-order valence-corrected chi connectivity index (χ2v) is 12.7. The van der Waals surface area contributed by atoms with Gasteiger partial charge in [-0.15, -0.1) is 0 Å². The molecular weight excluding hydrogens is 740 g/mol. The van der Waals surface area contributed by atoms with Crippen LogP contribution in [0.4, 0.5) is 0 Å². The van der Waals surface area contributed by atoms with Crippen molar-refractivity contribution in [3.63, 3.8) is 0 Å². The number of carbonyl (C=O) groups excluding carboxylic acids is 3. The van der Waals surface area contributed by atoms with Gasteiger partial charge in [0, 0.05) is 72.6 Å². The first-order valence-electron chi connectivity index (χ1n) is 17.6. The Balaban J connectivity index is -0.00000232. The van der Waals surface area contributed by atoms with E-state index in [-0.39, 0.29) is 37.9 Å². The Hall–Kier alpha value is -2.90. The van der Waals surface area contributed by atoms with Gasteiger partial charge in [0.2, 0.25) is 11.8 Å². The van der Waals surface area contributed by atoms with Crippen molar-refractivity contribution in [1.82, 2.24) is 30.2 Å². The van der Waals surface area contributed by atoms with E-state index < -0.39 is 16.1 Å². The largest absolute Gasteiger partial charge is 0.483 e. The molecule has 1 heterocycles. The Morgan fingerprint density at radius 1 is 0.667 bits per heavy atom. The monoisotopic (exact) mass is 806 g/mol. The summed E-state index contributed by atoms with van der Waals surface area (Å²) in [7, 11) is -2.67. The van der Waals surface area contributed by atoms with Crippen molar-refractivity contribution in [2.24, 2.45) is 0 Å². The quantitative estimate of drug-likeness (QED) is 0.0342. The molecule has 0 aromatic rings. The van der Waals surface area contributed by atoms with E-state index in [4.69, 9.17) is 38.5 Å². The first-order valence-corrected chi connectivity index (χ1v) is 19.5. The van der Waals surface area contributed by atoms with Gasteiger partial charge in [-0.1, -0.05) is 13.8 Å². The topological polar surface area (TPSA) is 274 Å². The minimum absolute atomic E-state index is 0.101. The summed E-state index contributed by atoms with van der Waals surface area (Å²) in [6.45, 7) is 14.1. The fraction of sp³-hybridized carbons (Fsp3) is 0.844. The molecule has 0 radical (unpaired) electrons. The van der Waals surface area contributed by atoms with Crippen LogP contribution in [0.25, 0.3) is 0 Å². The summed E-state index contributed by atoms with van der Waals surface area (Å²) in [6, 6.07) is 0. The Kier molecular flexibility index (Phi) is 40.8. The third-order valence-corrected chi connectivity index (χ3v) is 6.92. The van der Waals surface area contributed by atoms with Crippen LogP contribution in [0.2, 0.25) is 0 Å². The molecule has 0 aromatic heterocycles. The fourth-order valence-corrected chi connectivity index (χ4v) is 4.36. The minimum Gasteiger partial charge on any atom is -0.483 e. The molecule has 54 heavy (non-hydrogen) atoms. The first kappa shape index (κ1) is 55.4. The molecule has 21 nitrogen and oxygen atoms in total. The van der Waals surface area contributed by atoms with Crippen molar-refractivity contribution < 1.29 is 71.2 Å². The van der Waals surface area contributed by atoms with Gasteiger partial charge in [-0.2, -0.15) is 8.42 Å². The van der Waals surface area contributed by atoms with Crippen molar-refractivity contribution in [2.45, 2.75) is 20.3 Å². The Labute approximate surface area is 319 Å². The maximum Gasteiger partial charge on any atom is 0.317 e. The summed E-state index contributed by atoms with van der Waals surface area (Å²) in [5, 5.41) is 28.6. The van der Waals surface area contributed by atoms with Crippen molar-refractivity contribution in [2.75, 3.05) is 158 Å². The standard InChI is InChI=1S/C29H56N6O9.CH4O3S.CH2O2.CH4O/c1-3-16-41-18-20-43-22-23-44-21-19-42-17-5-30-27(37)24-31-28(38)25-34-10-7-32(4-2)6-8-33(14-15-36)9-11-35(13-12-34)26-29(39)40;1-5(2,3)4;2-1-3;1-2/h15H,3-14,16-26H2,1-2H3,(H,30,37)(H,31,38)(H,39,40);1H3,(H,2,3,4);1H,(H,2,3);2H,1H3. The second-order valence-electron chi connectivity index (χ2n) is 11.3. The number of nitrogens with one attached hydrogen (secondary N) is 2. The molecule has 22 heteroatoms. The van der Waals surface area contributed by atoms with E-state index in [9.17, 15) is 32.7 Å². The van der Waals surface area contributed by atoms with Gasteiger partial charge in [-0.25, -0.2) is 0 Å². The lowest BCUT2D eigenvalue weighted by atomic mass is 10.3. The summed E-state index contributed by atoms with van der Waals surface area (Å²) in [6.07, 6.45) is 2.58. The average molecular weight is 807 g/mol. The third kappa shape index (κ3) is 43.5. The molecule has 0 bridgehead atoms. The average Bonchev–Trinajstić information content (AvgIpc) is 3.11. The summed E-state index contributed by atoms with van der Waals surface area (Å²) >= 11 is 0. The van der Waals surface area contributed by atoms with Gasteiger partial charge in [0.25, 0.3) is 16.6 Å². The highest BCUT2D eigenvalue weighted by atomic mass is 32.2. The molecular formula is C32H66N6O15S. The maximum absolute atomic E-state index is 12.7. The zero-order valence-electron chi connectivity index (χ0n) is 32.4. The normalized spacial score (nSPS) is 14.9. The predicted molar refractivity (Wildman–Crippen MR) is 199 cm³/mol. The number of aliphatic hydroxyl groups is 1. The van der Waals surface area contributed by atoms with E-state index in [0.29, 0.717) is 105 Å². The molecule has 1 aliphatic rings. The van der Waals surface area contributed by atoms with E-state index in [2.05, 4.69) is 29.4 Å². The summed E-state index contributed by atoms with van der Waals surface area (Å²) in [5.41, 5.74) is 0. The molecule has 0 unspecified atom stereocenters. The SMILES string of the molecule is CCCOCCOCCOCCOCCNC(=O)CNC(=O)CN1CCN(CC)CCN(CC=O)CCN(CC(=O)O)CC1.CO.CS(=O)(=O)O.O=CO. The maximum atomic E-state index is 12.7. The van der Waals surface area contributed by atoms with Crippen molar-refractivity contribution in [3.8, 4) is 0 Å². The molecule has 0 atom stereocenters. The number of hydrogen-bond acceptors (Lipinski definition) is 16. The Morgan fingerprint density at radius 2 is 1.06 bits per heavy atom. The zero-order chi connectivity index (χ0) is 41.5. The van der Waals surface area contributed by atoms with Crippen LogP contribution in [-0.4, -0.2) is 236 Å². The lowest BCUT2D eigenvalue weighted by Gasteiger charge is -2.32. The molecule has 320 valence electrons. The highest BCUT2D eigenvalue weighted by molar-refractivity contribution is 7.85. The number of likely N-dealkylation sites (N-methyl/N-ethyl adjacent to an activating group) is 1. The van der Waals surface area contributed by atoms with Crippen LogP contribution in [0.3, 0.4) is 0 Å². The van der Waals surface area contributed by atoms with Crippen LogP contribution in [0.15, 0.2) is 0 Å². The molecule has 0 saturated carbocycles.